The normalized spacial score (nSPS) is 10.9. The van der Waals surface area contributed by atoms with Gasteiger partial charge < -0.3 is 14.6 Å². The molecule has 102 valence electrons. The van der Waals surface area contributed by atoms with Gasteiger partial charge in [0.1, 0.15) is 5.75 Å². The zero-order valence-corrected chi connectivity index (χ0v) is 10.3. The Morgan fingerprint density at radius 3 is 2.89 bits per heavy atom. The summed E-state index contributed by atoms with van der Waals surface area (Å²) in [6.45, 7) is 0.282. The lowest BCUT2D eigenvalue weighted by molar-refractivity contribution is -0.0495. The van der Waals surface area contributed by atoms with Crippen LogP contribution >= 0.6 is 0 Å². The van der Waals surface area contributed by atoms with Crippen molar-refractivity contribution in [3.63, 3.8) is 0 Å². The second-order valence-corrected chi connectivity index (χ2v) is 3.67. The minimum absolute atomic E-state index is 0.0103. The molecule has 1 N–H and O–H groups in total. The van der Waals surface area contributed by atoms with E-state index >= 15 is 0 Å². The number of hydrogen-bond acceptors (Lipinski definition) is 5. The van der Waals surface area contributed by atoms with Crippen molar-refractivity contribution in [2.45, 2.75) is 20.1 Å². The molecule has 19 heavy (non-hydrogen) atoms. The van der Waals surface area contributed by atoms with Gasteiger partial charge in [0, 0.05) is 0 Å². The van der Waals surface area contributed by atoms with Crippen molar-refractivity contribution < 1.29 is 18.0 Å². The molecule has 5 nitrogen and oxygen atoms in total. The fourth-order valence-electron chi connectivity index (χ4n) is 1.51. The number of benzene rings is 1. The van der Waals surface area contributed by atoms with Crippen LogP contribution in [0.4, 0.5) is 8.78 Å². The summed E-state index contributed by atoms with van der Waals surface area (Å²) in [5.74, 6) is 0.629. The predicted molar refractivity (Wildman–Crippen MR) is 63.7 cm³/mol. The molecule has 7 heteroatoms. The Balaban J connectivity index is 2.23. The molecule has 0 radical (unpaired) electrons. The van der Waals surface area contributed by atoms with Crippen LogP contribution < -0.4 is 10.1 Å². The van der Waals surface area contributed by atoms with Gasteiger partial charge in [0.05, 0.1) is 12.1 Å². The van der Waals surface area contributed by atoms with Crippen molar-refractivity contribution in [1.29, 1.82) is 0 Å². The van der Waals surface area contributed by atoms with Crippen LogP contribution in [0.5, 0.6) is 5.75 Å². The Hall–Kier alpha value is -2.02. The molecular weight excluding hydrogens is 256 g/mol. The molecule has 0 saturated carbocycles. The van der Waals surface area contributed by atoms with Gasteiger partial charge in [-0.1, -0.05) is 24.2 Å². The molecular formula is C12H13F2N3O2. The van der Waals surface area contributed by atoms with Crippen LogP contribution in [0.15, 0.2) is 28.8 Å². The molecule has 0 bridgehead atoms. The van der Waals surface area contributed by atoms with E-state index in [1.54, 1.807) is 18.2 Å². The van der Waals surface area contributed by atoms with Gasteiger partial charge >= 0.3 is 6.61 Å². The summed E-state index contributed by atoms with van der Waals surface area (Å²) in [7, 11) is 0. The first-order valence-corrected chi connectivity index (χ1v) is 5.78. The van der Waals surface area contributed by atoms with E-state index in [4.69, 9.17) is 4.52 Å². The molecule has 0 aliphatic heterocycles. The molecule has 0 unspecified atom stereocenters. The number of para-hydroxylation sites is 1. The second-order valence-electron chi connectivity index (χ2n) is 3.67. The lowest BCUT2D eigenvalue weighted by atomic mass is 10.2. The van der Waals surface area contributed by atoms with Crippen LogP contribution in [-0.4, -0.2) is 23.3 Å². The molecule has 0 amide bonds. The molecule has 0 saturated heterocycles. The number of hydrogen-bond donors (Lipinski definition) is 1. The number of nitrogens with zero attached hydrogens (tertiary/aromatic N) is 2. The third kappa shape index (κ3) is 3.47. The largest absolute Gasteiger partial charge is 0.434 e. The van der Waals surface area contributed by atoms with Crippen LogP contribution in [0.25, 0.3) is 11.5 Å². The predicted octanol–water partition coefficient (Wildman–Crippen LogP) is 2.45. The van der Waals surface area contributed by atoms with Crippen molar-refractivity contribution in [3.8, 4) is 17.2 Å². The lowest BCUT2D eigenvalue weighted by Crippen LogP contribution is -2.12. The SMILES string of the molecule is CCNCc1noc(-c2ccccc2OC(F)F)n1. The summed E-state index contributed by atoms with van der Waals surface area (Å²) in [6.07, 6.45) is 0. The number of ether oxygens (including phenoxy) is 1. The van der Waals surface area contributed by atoms with E-state index in [1.807, 2.05) is 6.92 Å². The Morgan fingerprint density at radius 2 is 2.16 bits per heavy atom. The third-order valence-electron chi connectivity index (χ3n) is 2.33. The second kappa shape index (κ2) is 6.24. The van der Waals surface area contributed by atoms with Gasteiger partial charge in [-0.2, -0.15) is 13.8 Å². The Labute approximate surface area is 108 Å². The number of nitrogens with one attached hydrogen (secondary N) is 1. The first kappa shape index (κ1) is 13.4. The zero-order valence-electron chi connectivity index (χ0n) is 10.3. The van der Waals surface area contributed by atoms with Crippen molar-refractivity contribution in [2.24, 2.45) is 0 Å². The van der Waals surface area contributed by atoms with Crippen LogP contribution in [0, 0.1) is 0 Å². The molecule has 0 aliphatic rings. The Bertz CT molecular complexity index is 531. The summed E-state index contributed by atoms with van der Waals surface area (Å²) in [5.41, 5.74) is 0.345. The molecule has 2 aromatic rings. The third-order valence-corrected chi connectivity index (χ3v) is 2.33. The van der Waals surface area contributed by atoms with E-state index in [1.165, 1.54) is 6.07 Å². The maximum Gasteiger partial charge on any atom is 0.387 e. The molecule has 1 heterocycles. The van der Waals surface area contributed by atoms with Crippen molar-refractivity contribution >= 4 is 0 Å². The van der Waals surface area contributed by atoms with E-state index in [2.05, 4.69) is 20.2 Å². The summed E-state index contributed by atoms with van der Waals surface area (Å²) < 4.78 is 34.0. The fraction of sp³-hybridized carbons (Fsp3) is 0.333. The Kier molecular flexibility index (Phi) is 4.40. The van der Waals surface area contributed by atoms with Gasteiger partial charge in [-0.05, 0) is 18.7 Å². The zero-order chi connectivity index (χ0) is 13.7. The average molecular weight is 269 g/mol. The van der Waals surface area contributed by atoms with Crippen LogP contribution in [0.2, 0.25) is 0 Å². The molecule has 1 aromatic carbocycles. The van der Waals surface area contributed by atoms with E-state index in [0.717, 1.165) is 6.54 Å². The highest BCUT2D eigenvalue weighted by molar-refractivity contribution is 5.62. The van der Waals surface area contributed by atoms with E-state index in [-0.39, 0.29) is 11.6 Å². The molecule has 2 rings (SSSR count). The molecule has 0 aliphatic carbocycles. The summed E-state index contributed by atoms with van der Waals surface area (Å²) in [5, 5.41) is 6.80. The summed E-state index contributed by atoms with van der Waals surface area (Å²) >= 11 is 0. The smallest absolute Gasteiger partial charge is 0.387 e. The van der Waals surface area contributed by atoms with Crippen LogP contribution in [0.1, 0.15) is 12.7 Å². The molecule has 0 fully saturated rings. The number of aromatic nitrogens is 2. The summed E-state index contributed by atoms with van der Waals surface area (Å²) in [4.78, 5) is 4.12. The number of halogens is 2. The topological polar surface area (TPSA) is 60.2 Å². The fourth-order valence-corrected chi connectivity index (χ4v) is 1.51. The first-order chi connectivity index (χ1) is 9.20. The van der Waals surface area contributed by atoms with E-state index < -0.39 is 6.61 Å². The average Bonchev–Trinajstić information content (AvgIpc) is 2.85. The maximum atomic E-state index is 12.3. The van der Waals surface area contributed by atoms with Crippen molar-refractivity contribution in [3.05, 3.63) is 30.1 Å². The Morgan fingerprint density at radius 1 is 1.37 bits per heavy atom. The highest BCUT2D eigenvalue weighted by atomic mass is 19.3. The highest BCUT2D eigenvalue weighted by Gasteiger charge is 2.15. The van der Waals surface area contributed by atoms with Crippen LogP contribution in [-0.2, 0) is 6.54 Å². The van der Waals surface area contributed by atoms with E-state index in [9.17, 15) is 8.78 Å². The van der Waals surface area contributed by atoms with Crippen molar-refractivity contribution in [1.82, 2.24) is 15.5 Å². The summed E-state index contributed by atoms with van der Waals surface area (Å²) in [6, 6.07) is 6.29. The first-order valence-electron chi connectivity index (χ1n) is 5.78. The van der Waals surface area contributed by atoms with Crippen molar-refractivity contribution in [2.75, 3.05) is 6.54 Å². The standard InChI is InChI=1S/C12H13F2N3O2/c1-2-15-7-10-16-11(19-17-10)8-5-3-4-6-9(8)18-12(13)14/h3-6,12,15H,2,7H2,1H3. The van der Waals surface area contributed by atoms with E-state index in [0.29, 0.717) is 17.9 Å². The monoisotopic (exact) mass is 269 g/mol. The maximum absolute atomic E-state index is 12.3. The molecule has 0 spiro atoms. The lowest BCUT2D eigenvalue weighted by Gasteiger charge is -2.06. The minimum atomic E-state index is -2.90. The molecule has 0 atom stereocenters. The number of alkyl halides is 2. The van der Waals surface area contributed by atoms with Gasteiger partial charge in [0.15, 0.2) is 5.82 Å². The van der Waals surface area contributed by atoms with Crippen LogP contribution in [0.3, 0.4) is 0 Å². The quantitative estimate of drug-likeness (QED) is 0.872. The molecule has 1 aromatic heterocycles. The minimum Gasteiger partial charge on any atom is -0.434 e. The number of rotatable bonds is 6. The van der Waals surface area contributed by atoms with Gasteiger partial charge in [-0.15, -0.1) is 0 Å². The highest BCUT2D eigenvalue weighted by Crippen LogP contribution is 2.29. The van der Waals surface area contributed by atoms with Gasteiger partial charge in [-0.3, -0.25) is 0 Å². The van der Waals surface area contributed by atoms with Gasteiger partial charge in [-0.25, -0.2) is 0 Å². The van der Waals surface area contributed by atoms with Gasteiger partial charge in [0.25, 0.3) is 5.89 Å². The van der Waals surface area contributed by atoms with Gasteiger partial charge in [0.2, 0.25) is 0 Å².